The van der Waals surface area contributed by atoms with Crippen LogP contribution in [0.5, 0.6) is 17.2 Å². The summed E-state index contributed by atoms with van der Waals surface area (Å²) in [7, 11) is 3.24. The van der Waals surface area contributed by atoms with Gasteiger partial charge in [-0.15, -0.1) is 0 Å². The van der Waals surface area contributed by atoms with Crippen LogP contribution in [0.25, 0.3) is 0 Å². The topological polar surface area (TPSA) is 52.9 Å². The van der Waals surface area contributed by atoms with E-state index in [0.29, 0.717) is 29.8 Å². The van der Waals surface area contributed by atoms with Crippen LogP contribution in [-0.2, 0) is 6.54 Å². The third-order valence-corrected chi connectivity index (χ3v) is 3.27. The SMILES string of the molecule is COc1cccc(OC)c1OC[C@H](C)CNCc1ccco1. The molecule has 0 aliphatic rings. The predicted molar refractivity (Wildman–Crippen MR) is 84.6 cm³/mol. The smallest absolute Gasteiger partial charge is 0.203 e. The molecule has 0 aliphatic heterocycles. The minimum atomic E-state index is 0.338. The maximum atomic E-state index is 5.89. The molecular formula is C17H23NO4. The average Bonchev–Trinajstić information content (AvgIpc) is 3.05. The zero-order valence-corrected chi connectivity index (χ0v) is 13.3. The molecule has 0 bridgehead atoms. The molecule has 5 heteroatoms. The first-order chi connectivity index (χ1) is 10.7. The molecule has 0 amide bonds. The Bertz CT molecular complexity index is 532. The highest BCUT2D eigenvalue weighted by Gasteiger charge is 2.13. The second kappa shape index (κ2) is 8.34. The van der Waals surface area contributed by atoms with Crippen LogP contribution in [-0.4, -0.2) is 27.4 Å². The maximum Gasteiger partial charge on any atom is 0.203 e. The Morgan fingerprint density at radius 3 is 2.41 bits per heavy atom. The molecule has 0 fully saturated rings. The van der Waals surface area contributed by atoms with Crippen LogP contribution in [0.1, 0.15) is 12.7 Å². The minimum absolute atomic E-state index is 0.338. The fraction of sp³-hybridized carbons (Fsp3) is 0.412. The number of furan rings is 1. The molecule has 0 radical (unpaired) electrons. The molecule has 0 spiro atoms. The Kier molecular flexibility index (Phi) is 6.15. The highest BCUT2D eigenvalue weighted by atomic mass is 16.5. The summed E-state index contributed by atoms with van der Waals surface area (Å²) < 4.78 is 21.8. The molecule has 0 saturated heterocycles. The summed E-state index contributed by atoms with van der Waals surface area (Å²) in [6.07, 6.45) is 1.68. The maximum absolute atomic E-state index is 5.89. The summed E-state index contributed by atoms with van der Waals surface area (Å²) in [6, 6.07) is 9.43. The second-order valence-corrected chi connectivity index (χ2v) is 5.12. The predicted octanol–water partition coefficient (Wildman–Crippen LogP) is 3.10. The van der Waals surface area contributed by atoms with Crippen molar-refractivity contribution in [3.8, 4) is 17.2 Å². The normalized spacial score (nSPS) is 12.0. The lowest BCUT2D eigenvalue weighted by Gasteiger charge is -2.17. The molecule has 0 unspecified atom stereocenters. The fourth-order valence-electron chi connectivity index (χ4n) is 2.10. The molecular weight excluding hydrogens is 282 g/mol. The molecule has 1 heterocycles. The van der Waals surface area contributed by atoms with Gasteiger partial charge < -0.3 is 23.9 Å². The first-order valence-electron chi connectivity index (χ1n) is 7.31. The van der Waals surface area contributed by atoms with Gasteiger partial charge in [0.2, 0.25) is 5.75 Å². The summed E-state index contributed by atoms with van der Waals surface area (Å²) in [4.78, 5) is 0. The highest BCUT2D eigenvalue weighted by molar-refractivity contribution is 5.51. The summed E-state index contributed by atoms with van der Waals surface area (Å²) >= 11 is 0. The van der Waals surface area contributed by atoms with Crippen molar-refractivity contribution in [1.82, 2.24) is 5.32 Å². The van der Waals surface area contributed by atoms with Crippen molar-refractivity contribution in [3.05, 3.63) is 42.4 Å². The van der Waals surface area contributed by atoms with Crippen LogP contribution in [0.15, 0.2) is 41.0 Å². The average molecular weight is 305 g/mol. The number of hydrogen-bond acceptors (Lipinski definition) is 5. The van der Waals surface area contributed by atoms with Crippen molar-refractivity contribution in [2.24, 2.45) is 5.92 Å². The molecule has 5 nitrogen and oxygen atoms in total. The van der Waals surface area contributed by atoms with Gasteiger partial charge in [-0.25, -0.2) is 0 Å². The van der Waals surface area contributed by atoms with Gasteiger partial charge in [0.25, 0.3) is 0 Å². The molecule has 1 aromatic carbocycles. The van der Waals surface area contributed by atoms with Gasteiger partial charge >= 0.3 is 0 Å². The minimum Gasteiger partial charge on any atom is -0.493 e. The summed E-state index contributed by atoms with van der Waals surface area (Å²) in [5.74, 6) is 3.26. The third kappa shape index (κ3) is 4.43. The molecule has 2 aromatic rings. The van der Waals surface area contributed by atoms with E-state index in [1.165, 1.54) is 0 Å². The van der Waals surface area contributed by atoms with E-state index in [4.69, 9.17) is 18.6 Å². The van der Waals surface area contributed by atoms with E-state index < -0.39 is 0 Å². The number of methoxy groups -OCH3 is 2. The van der Waals surface area contributed by atoms with Gasteiger partial charge in [0.05, 0.1) is 33.6 Å². The van der Waals surface area contributed by atoms with Crippen LogP contribution in [0, 0.1) is 5.92 Å². The van der Waals surface area contributed by atoms with Crippen LogP contribution in [0.3, 0.4) is 0 Å². The number of hydrogen-bond donors (Lipinski definition) is 1. The third-order valence-electron chi connectivity index (χ3n) is 3.27. The molecule has 0 aliphatic carbocycles. The van der Waals surface area contributed by atoms with Crippen molar-refractivity contribution < 1.29 is 18.6 Å². The highest BCUT2D eigenvalue weighted by Crippen LogP contribution is 2.36. The Morgan fingerprint density at radius 2 is 1.82 bits per heavy atom. The largest absolute Gasteiger partial charge is 0.493 e. The lowest BCUT2D eigenvalue weighted by Crippen LogP contribution is -2.24. The van der Waals surface area contributed by atoms with E-state index in [1.54, 1.807) is 20.5 Å². The van der Waals surface area contributed by atoms with Crippen LogP contribution in [0.2, 0.25) is 0 Å². The number of nitrogens with one attached hydrogen (secondary N) is 1. The van der Waals surface area contributed by atoms with Gasteiger partial charge in [0, 0.05) is 12.5 Å². The Morgan fingerprint density at radius 1 is 1.09 bits per heavy atom. The molecule has 2 rings (SSSR count). The molecule has 0 saturated carbocycles. The number of rotatable bonds is 9. The van der Waals surface area contributed by atoms with Gasteiger partial charge in [-0.3, -0.25) is 0 Å². The number of para-hydroxylation sites is 1. The summed E-state index contributed by atoms with van der Waals surface area (Å²) in [5.41, 5.74) is 0. The zero-order chi connectivity index (χ0) is 15.8. The van der Waals surface area contributed by atoms with Crippen molar-refractivity contribution in [1.29, 1.82) is 0 Å². The second-order valence-electron chi connectivity index (χ2n) is 5.12. The van der Waals surface area contributed by atoms with Crippen LogP contribution in [0.4, 0.5) is 0 Å². The first-order valence-corrected chi connectivity index (χ1v) is 7.31. The van der Waals surface area contributed by atoms with E-state index in [0.717, 1.165) is 18.8 Å². The lowest BCUT2D eigenvalue weighted by molar-refractivity contribution is 0.231. The van der Waals surface area contributed by atoms with Gasteiger partial charge in [-0.05, 0) is 24.3 Å². The van der Waals surface area contributed by atoms with Gasteiger partial charge in [0.15, 0.2) is 11.5 Å². The van der Waals surface area contributed by atoms with Crippen molar-refractivity contribution in [2.45, 2.75) is 13.5 Å². The molecule has 22 heavy (non-hydrogen) atoms. The van der Waals surface area contributed by atoms with Gasteiger partial charge in [0.1, 0.15) is 5.76 Å². The summed E-state index contributed by atoms with van der Waals surface area (Å²) in [6.45, 7) is 4.24. The van der Waals surface area contributed by atoms with E-state index in [-0.39, 0.29) is 0 Å². The number of benzene rings is 1. The summed E-state index contributed by atoms with van der Waals surface area (Å²) in [5, 5.41) is 3.34. The number of ether oxygens (including phenoxy) is 3. The standard InChI is InChI=1S/C17H23NO4/c1-13(10-18-11-14-6-5-9-21-14)12-22-17-15(19-2)7-4-8-16(17)20-3/h4-9,13,18H,10-12H2,1-3H3/t13-/m1/s1. The Labute approximate surface area is 131 Å². The lowest BCUT2D eigenvalue weighted by atomic mass is 10.2. The fourth-order valence-corrected chi connectivity index (χ4v) is 2.10. The van der Waals surface area contributed by atoms with Gasteiger partial charge in [-0.2, -0.15) is 0 Å². The Hall–Kier alpha value is -2.14. The van der Waals surface area contributed by atoms with E-state index in [9.17, 15) is 0 Å². The van der Waals surface area contributed by atoms with E-state index in [2.05, 4.69) is 12.2 Å². The Balaban J connectivity index is 1.81. The molecule has 1 N–H and O–H groups in total. The first kappa shape index (κ1) is 16.2. The quantitative estimate of drug-likeness (QED) is 0.771. The monoisotopic (exact) mass is 305 g/mol. The van der Waals surface area contributed by atoms with Crippen molar-refractivity contribution in [3.63, 3.8) is 0 Å². The molecule has 120 valence electrons. The van der Waals surface area contributed by atoms with E-state index in [1.807, 2.05) is 30.3 Å². The van der Waals surface area contributed by atoms with Crippen molar-refractivity contribution in [2.75, 3.05) is 27.4 Å². The van der Waals surface area contributed by atoms with E-state index >= 15 is 0 Å². The van der Waals surface area contributed by atoms with Crippen LogP contribution < -0.4 is 19.5 Å². The molecule has 1 aromatic heterocycles. The van der Waals surface area contributed by atoms with Crippen molar-refractivity contribution >= 4 is 0 Å². The van der Waals surface area contributed by atoms with Crippen LogP contribution >= 0.6 is 0 Å². The van der Waals surface area contributed by atoms with Gasteiger partial charge in [-0.1, -0.05) is 13.0 Å². The zero-order valence-electron chi connectivity index (χ0n) is 13.3. The molecule has 1 atom stereocenters.